The van der Waals surface area contributed by atoms with Gasteiger partial charge in [-0.15, -0.1) is 0 Å². The Morgan fingerprint density at radius 2 is 1.89 bits per heavy atom. The topological polar surface area (TPSA) is 101 Å². The van der Waals surface area contributed by atoms with E-state index in [1.54, 1.807) is 0 Å². The second-order valence-corrected chi connectivity index (χ2v) is 3.82. The van der Waals surface area contributed by atoms with Crippen molar-refractivity contribution < 1.29 is 28.7 Å². The molecule has 0 bridgehead atoms. The SMILES string of the molecule is Cc1c(F)cc(-c2cc(C(=O)O)on2)cc1C(=O)O. The third-order valence-corrected chi connectivity index (χ3v) is 2.59. The molecule has 0 aliphatic carbocycles. The lowest BCUT2D eigenvalue weighted by atomic mass is 10.0. The first-order chi connectivity index (χ1) is 8.90. The standard InChI is InChI=1S/C12H8FNO5/c1-5-7(11(15)16)2-6(3-8(5)13)9-4-10(12(17)18)19-14-9/h2-4H,1H3,(H,15,16)(H,17,18). The van der Waals surface area contributed by atoms with Gasteiger partial charge in [0.1, 0.15) is 11.5 Å². The van der Waals surface area contributed by atoms with Crippen LogP contribution in [-0.2, 0) is 0 Å². The van der Waals surface area contributed by atoms with Crippen LogP contribution < -0.4 is 0 Å². The first-order valence-electron chi connectivity index (χ1n) is 5.14. The molecular formula is C12H8FNO5. The Morgan fingerprint density at radius 1 is 1.21 bits per heavy atom. The fraction of sp³-hybridized carbons (Fsp3) is 0.0833. The van der Waals surface area contributed by atoms with E-state index in [4.69, 9.17) is 10.2 Å². The Kier molecular flexibility index (Phi) is 3.04. The molecule has 0 amide bonds. The van der Waals surface area contributed by atoms with E-state index >= 15 is 0 Å². The molecule has 0 aliphatic heterocycles. The van der Waals surface area contributed by atoms with Crippen molar-refractivity contribution in [3.05, 3.63) is 40.9 Å². The Morgan fingerprint density at radius 3 is 2.42 bits per heavy atom. The first-order valence-corrected chi connectivity index (χ1v) is 5.14. The van der Waals surface area contributed by atoms with Gasteiger partial charge >= 0.3 is 11.9 Å². The van der Waals surface area contributed by atoms with Gasteiger partial charge < -0.3 is 14.7 Å². The largest absolute Gasteiger partial charge is 0.478 e. The lowest BCUT2D eigenvalue weighted by Crippen LogP contribution is -2.02. The van der Waals surface area contributed by atoms with Gasteiger partial charge in [-0.05, 0) is 24.6 Å². The predicted octanol–water partition coefficient (Wildman–Crippen LogP) is 2.19. The molecule has 0 unspecified atom stereocenters. The summed E-state index contributed by atoms with van der Waals surface area (Å²) < 4.78 is 18.1. The minimum Gasteiger partial charge on any atom is -0.478 e. The van der Waals surface area contributed by atoms with Gasteiger partial charge in [0.2, 0.25) is 5.76 Å². The number of halogens is 1. The third kappa shape index (κ3) is 2.30. The van der Waals surface area contributed by atoms with Crippen molar-refractivity contribution >= 4 is 11.9 Å². The summed E-state index contributed by atoms with van der Waals surface area (Å²) in [6.45, 7) is 1.34. The first kappa shape index (κ1) is 12.7. The van der Waals surface area contributed by atoms with E-state index in [0.717, 1.165) is 12.1 Å². The average molecular weight is 265 g/mol. The summed E-state index contributed by atoms with van der Waals surface area (Å²) >= 11 is 0. The summed E-state index contributed by atoms with van der Waals surface area (Å²) in [7, 11) is 0. The van der Waals surface area contributed by atoms with Crippen molar-refractivity contribution in [1.29, 1.82) is 0 Å². The molecule has 0 aliphatic rings. The zero-order valence-electron chi connectivity index (χ0n) is 9.68. The van der Waals surface area contributed by atoms with Gasteiger partial charge in [-0.1, -0.05) is 5.16 Å². The molecule has 0 saturated carbocycles. The summed E-state index contributed by atoms with van der Waals surface area (Å²) in [5.74, 6) is -3.72. The Balaban J connectivity index is 2.56. The van der Waals surface area contributed by atoms with Crippen molar-refractivity contribution in [3.8, 4) is 11.3 Å². The smallest absolute Gasteiger partial charge is 0.374 e. The molecule has 0 fully saturated rings. The normalized spacial score (nSPS) is 10.4. The van der Waals surface area contributed by atoms with Crippen molar-refractivity contribution in [2.75, 3.05) is 0 Å². The van der Waals surface area contributed by atoms with Gasteiger partial charge in [-0.25, -0.2) is 14.0 Å². The van der Waals surface area contributed by atoms with E-state index in [9.17, 15) is 14.0 Å². The van der Waals surface area contributed by atoms with Crippen LogP contribution >= 0.6 is 0 Å². The highest BCUT2D eigenvalue weighted by Crippen LogP contribution is 2.24. The minimum atomic E-state index is -1.32. The molecule has 2 aromatic rings. The van der Waals surface area contributed by atoms with Gasteiger partial charge in [-0.3, -0.25) is 0 Å². The fourth-order valence-corrected chi connectivity index (χ4v) is 1.56. The van der Waals surface area contributed by atoms with E-state index in [1.807, 2.05) is 0 Å². The van der Waals surface area contributed by atoms with E-state index in [0.29, 0.717) is 0 Å². The lowest BCUT2D eigenvalue weighted by molar-refractivity contribution is 0.0650. The number of benzene rings is 1. The van der Waals surface area contributed by atoms with Crippen LogP contribution in [0.4, 0.5) is 4.39 Å². The third-order valence-electron chi connectivity index (χ3n) is 2.59. The number of nitrogens with zero attached hydrogens (tertiary/aromatic N) is 1. The Bertz CT molecular complexity index is 677. The molecule has 1 heterocycles. The molecule has 2 N–H and O–H groups in total. The van der Waals surface area contributed by atoms with Gasteiger partial charge in [0, 0.05) is 11.6 Å². The summed E-state index contributed by atoms with van der Waals surface area (Å²) in [5, 5.41) is 21.1. The maximum absolute atomic E-state index is 13.6. The van der Waals surface area contributed by atoms with E-state index in [1.165, 1.54) is 13.0 Å². The summed E-state index contributed by atoms with van der Waals surface area (Å²) in [6, 6.07) is 3.38. The number of carbonyl (C=O) groups is 2. The van der Waals surface area contributed by atoms with Crippen LogP contribution in [0, 0.1) is 12.7 Å². The van der Waals surface area contributed by atoms with Gasteiger partial charge in [0.15, 0.2) is 0 Å². The fourth-order valence-electron chi connectivity index (χ4n) is 1.56. The highest BCUT2D eigenvalue weighted by Gasteiger charge is 2.17. The Hall–Kier alpha value is -2.70. The van der Waals surface area contributed by atoms with Gasteiger partial charge in [-0.2, -0.15) is 0 Å². The Labute approximate surface area is 106 Å². The molecule has 6 nitrogen and oxygen atoms in total. The molecule has 19 heavy (non-hydrogen) atoms. The molecule has 0 spiro atoms. The lowest BCUT2D eigenvalue weighted by Gasteiger charge is -2.04. The van der Waals surface area contributed by atoms with Crippen LogP contribution in [0.1, 0.15) is 26.5 Å². The molecule has 98 valence electrons. The van der Waals surface area contributed by atoms with Gasteiger partial charge in [0.25, 0.3) is 0 Å². The summed E-state index contributed by atoms with van der Waals surface area (Å²) in [6.07, 6.45) is 0. The van der Waals surface area contributed by atoms with E-state index in [-0.39, 0.29) is 22.4 Å². The maximum atomic E-state index is 13.6. The second kappa shape index (κ2) is 4.52. The van der Waals surface area contributed by atoms with Crippen molar-refractivity contribution in [2.45, 2.75) is 6.92 Å². The molecule has 0 saturated heterocycles. The summed E-state index contributed by atoms with van der Waals surface area (Å²) in [5.41, 5.74) is -0.0244. The van der Waals surface area contributed by atoms with E-state index < -0.39 is 23.5 Å². The predicted molar refractivity (Wildman–Crippen MR) is 60.6 cm³/mol. The summed E-state index contributed by atoms with van der Waals surface area (Å²) in [4.78, 5) is 21.6. The second-order valence-electron chi connectivity index (χ2n) is 3.82. The van der Waals surface area contributed by atoms with Crippen molar-refractivity contribution in [1.82, 2.24) is 5.16 Å². The number of aromatic carboxylic acids is 2. The van der Waals surface area contributed by atoms with Crippen LogP contribution in [0.3, 0.4) is 0 Å². The van der Waals surface area contributed by atoms with Crippen molar-refractivity contribution in [2.24, 2.45) is 0 Å². The number of hydrogen-bond acceptors (Lipinski definition) is 4. The number of aromatic nitrogens is 1. The maximum Gasteiger partial charge on any atom is 0.374 e. The number of hydrogen-bond donors (Lipinski definition) is 2. The molecule has 7 heteroatoms. The number of carboxylic acids is 2. The number of carboxylic acid groups (broad SMARTS) is 2. The molecule has 1 aromatic heterocycles. The molecule has 2 rings (SSSR count). The van der Waals surface area contributed by atoms with Crippen LogP contribution in [0.5, 0.6) is 0 Å². The zero-order valence-corrected chi connectivity index (χ0v) is 9.68. The monoisotopic (exact) mass is 265 g/mol. The highest BCUT2D eigenvalue weighted by atomic mass is 19.1. The van der Waals surface area contributed by atoms with Gasteiger partial charge in [0.05, 0.1) is 5.56 Å². The van der Waals surface area contributed by atoms with Crippen molar-refractivity contribution in [3.63, 3.8) is 0 Å². The average Bonchev–Trinajstić information content (AvgIpc) is 2.81. The quantitative estimate of drug-likeness (QED) is 0.882. The molecule has 0 atom stereocenters. The number of rotatable bonds is 3. The van der Waals surface area contributed by atoms with E-state index in [2.05, 4.69) is 9.68 Å². The molecule has 1 aromatic carbocycles. The van der Waals surface area contributed by atoms with Crippen LogP contribution in [0.15, 0.2) is 22.7 Å². The van der Waals surface area contributed by atoms with Crippen LogP contribution in [0.2, 0.25) is 0 Å². The zero-order chi connectivity index (χ0) is 14.2. The highest BCUT2D eigenvalue weighted by molar-refractivity contribution is 5.91. The molecular weight excluding hydrogens is 257 g/mol. The van der Waals surface area contributed by atoms with Crippen LogP contribution in [-0.4, -0.2) is 27.3 Å². The molecule has 0 radical (unpaired) electrons. The van der Waals surface area contributed by atoms with Crippen LogP contribution in [0.25, 0.3) is 11.3 Å². The minimum absolute atomic E-state index is 0.00166.